The second kappa shape index (κ2) is 33.2. The first-order valence-corrected chi connectivity index (χ1v) is 29.3. The molecule has 1 saturated carbocycles. The van der Waals surface area contributed by atoms with Gasteiger partial charge in [-0.05, 0) is 61.6 Å². The minimum atomic E-state index is -1.94. The molecule has 89 heavy (non-hydrogen) atoms. The van der Waals surface area contributed by atoms with Crippen molar-refractivity contribution in [1.29, 1.82) is 0 Å². The Hall–Kier alpha value is -9.31. The number of aliphatic hydroxyl groups excluding tert-OH is 1. The van der Waals surface area contributed by atoms with Crippen LogP contribution in [0.4, 0.5) is 0 Å². The second-order valence-corrected chi connectivity index (χ2v) is 22.8. The van der Waals surface area contributed by atoms with Crippen LogP contribution in [0.15, 0.2) is 91.0 Å². The molecule has 2 fully saturated rings. The number of hydrogen-bond acceptors (Lipinski definition) is 16. The van der Waals surface area contributed by atoms with Crippen LogP contribution in [0.1, 0.15) is 77.5 Å². The smallest absolute Gasteiger partial charge is 0.311 e. The van der Waals surface area contributed by atoms with E-state index in [9.17, 15) is 72.5 Å². The van der Waals surface area contributed by atoms with Crippen LogP contribution < -0.4 is 59.3 Å². The molecular formula is C61H82N12O16. The molecule has 13 atom stereocenters. The number of benzene rings is 3. The van der Waals surface area contributed by atoms with Crippen molar-refractivity contribution in [2.75, 3.05) is 20.2 Å². The van der Waals surface area contributed by atoms with Gasteiger partial charge in [0.1, 0.15) is 48.3 Å². The molecule has 28 heteroatoms. The zero-order valence-electron chi connectivity index (χ0n) is 50.7. The normalized spacial score (nSPS) is 18.9. The van der Waals surface area contributed by atoms with Gasteiger partial charge in [0.05, 0.1) is 50.1 Å². The number of aliphatic hydroxyl groups is 1. The molecule has 11 amide bonds. The lowest BCUT2D eigenvalue weighted by Gasteiger charge is -2.28. The van der Waals surface area contributed by atoms with Crippen molar-refractivity contribution in [2.45, 2.75) is 147 Å². The first kappa shape index (κ1) is 70.5. The van der Waals surface area contributed by atoms with E-state index < -0.39 is 180 Å². The lowest BCUT2D eigenvalue weighted by Crippen LogP contribution is -2.60. The summed E-state index contributed by atoms with van der Waals surface area (Å²) in [5.41, 5.74) is 13.9. The van der Waals surface area contributed by atoms with Crippen LogP contribution in [-0.2, 0) is 86.3 Å². The number of aliphatic carboxylic acids is 1. The number of nitrogens with two attached hydrogens (primary N) is 2. The third-order valence-electron chi connectivity index (χ3n) is 15.2. The summed E-state index contributed by atoms with van der Waals surface area (Å²) in [6, 6.07) is 13.0. The van der Waals surface area contributed by atoms with E-state index in [1.165, 1.54) is 25.7 Å². The van der Waals surface area contributed by atoms with E-state index in [2.05, 4.69) is 47.9 Å². The van der Waals surface area contributed by atoms with Crippen LogP contribution in [0, 0.1) is 23.7 Å². The van der Waals surface area contributed by atoms with Crippen molar-refractivity contribution in [1.82, 2.24) is 52.8 Å². The quantitative estimate of drug-likeness (QED) is 0.0279. The molecule has 15 N–H and O–H groups in total. The predicted octanol–water partition coefficient (Wildman–Crippen LogP) is -2.88. The Morgan fingerprint density at radius 3 is 1.58 bits per heavy atom. The Morgan fingerprint density at radius 2 is 1.07 bits per heavy atom. The average molecular weight is 1240 g/mol. The number of primary amides is 1. The number of methoxy groups -OCH3 is 1. The van der Waals surface area contributed by atoms with Crippen molar-refractivity contribution >= 4 is 76.9 Å². The molecule has 482 valence electrons. The summed E-state index contributed by atoms with van der Waals surface area (Å²) in [6.45, 7) is 8.21. The van der Waals surface area contributed by atoms with Gasteiger partial charge in [0.2, 0.25) is 65.0 Å². The summed E-state index contributed by atoms with van der Waals surface area (Å²) in [4.78, 5) is 176. The van der Waals surface area contributed by atoms with E-state index in [0.29, 0.717) is 12.0 Å². The monoisotopic (exact) mass is 1240 g/mol. The number of ether oxygens (including phenoxy) is 1. The van der Waals surface area contributed by atoms with E-state index in [0.717, 1.165) is 25.2 Å². The second-order valence-electron chi connectivity index (χ2n) is 22.8. The zero-order valence-corrected chi connectivity index (χ0v) is 50.7. The number of nitrogens with one attached hydrogen (secondary N) is 9. The van der Waals surface area contributed by atoms with Crippen LogP contribution in [0.5, 0.6) is 0 Å². The van der Waals surface area contributed by atoms with Crippen LogP contribution in [-0.4, -0.2) is 179 Å². The fourth-order valence-electron chi connectivity index (χ4n) is 10.1. The minimum absolute atomic E-state index is 0.0299. The van der Waals surface area contributed by atoms with E-state index in [1.54, 1.807) is 105 Å². The molecule has 5 rings (SSSR count). The Balaban J connectivity index is 1.19. The predicted molar refractivity (Wildman–Crippen MR) is 319 cm³/mol. The van der Waals surface area contributed by atoms with Gasteiger partial charge < -0.3 is 79.2 Å². The maximum atomic E-state index is 14.0. The third kappa shape index (κ3) is 20.7. The third-order valence-corrected chi connectivity index (χ3v) is 15.2. The van der Waals surface area contributed by atoms with Gasteiger partial charge in [-0.3, -0.25) is 62.3 Å². The van der Waals surface area contributed by atoms with Crippen LogP contribution in [0.25, 0.3) is 0 Å². The summed E-state index contributed by atoms with van der Waals surface area (Å²) >= 11 is 0. The van der Waals surface area contributed by atoms with Gasteiger partial charge in [-0.15, -0.1) is 0 Å². The Labute approximate surface area is 514 Å². The summed E-state index contributed by atoms with van der Waals surface area (Å²) < 4.78 is 4.86. The molecular weight excluding hydrogens is 1160 g/mol. The van der Waals surface area contributed by atoms with Gasteiger partial charge in [-0.1, -0.05) is 119 Å². The van der Waals surface area contributed by atoms with Crippen molar-refractivity contribution in [3.05, 3.63) is 108 Å². The lowest BCUT2D eigenvalue weighted by atomic mass is 10.0. The number of nitrogens with zero attached hydrogens (tertiary/aromatic N) is 1. The first-order valence-electron chi connectivity index (χ1n) is 29.3. The molecule has 1 aliphatic carbocycles. The minimum Gasteiger partial charge on any atom is -0.481 e. The Kier molecular flexibility index (Phi) is 26.2. The van der Waals surface area contributed by atoms with Crippen LogP contribution >= 0.6 is 0 Å². The average Bonchev–Trinajstić information content (AvgIpc) is 1.62. The van der Waals surface area contributed by atoms with E-state index >= 15 is 0 Å². The molecule has 0 aromatic heterocycles. The van der Waals surface area contributed by atoms with Gasteiger partial charge in [0, 0.05) is 19.4 Å². The van der Waals surface area contributed by atoms with Crippen molar-refractivity contribution in [3.8, 4) is 0 Å². The van der Waals surface area contributed by atoms with Crippen LogP contribution in [0.3, 0.4) is 0 Å². The molecule has 28 nitrogen and oxygen atoms in total. The van der Waals surface area contributed by atoms with Crippen molar-refractivity contribution < 1.29 is 77.3 Å². The van der Waals surface area contributed by atoms with E-state index in [1.807, 2.05) is 0 Å². The summed E-state index contributed by atoms with van der Waals surface area (Å²) in [7, 11) is 1.04. The lowest BCUT2D eigenvalue weighted by molar-refractivity contribution is -0.144. The largest absolute Gasteiger partial charge is 0.481 e. The van der Waals surface area contributed by atoms with Crippen LogP contribution in [0.2, 0.25) is 0 Å². The molecule has 0 unspecified atom stereocenters. The molecule has 0 radical (unpaired) electrons. The SMILES string of the molecule is COC(=O)[C@@H]1[C@@H](NC(=O)[C@@H](NC(=O)[C@@H](N)Cc2ccccc2)C(C)C)[C@H]1C(=O)N[C@H](C(=O)N[C@@H](CC(=O)O)C(=O)N[C@H](C(=O)NCC(=O)N1CCC[C@H]1C(=O)N[C@@H](Cc1ccccc1)C(=O)N[C@@H](C)C(=O)N[C@@H](Cc1ccccc1)C(N)=O)C(C)C)[C@@H](C)O. The molecule has 3 aromatic carbocycles. The molecule has 2 aliphatic rings. The zero-order chi connectivity index (χ0) is 65.8. The van der Waals surface area contributed by atoms with E-state index in [-0.39, 0.29) is 32.2 Å². The van der Waals surface area contributed by atoms with E-state index in [4.69, 9.17) is 16.2 Å². The number of esters is 1. The number of amides is 11. The number of likely N-dealkylation sites (tertiary alicyclic amines) is 1. The highest BCUT2D eigenvalue weighted by molar-refractivity contribution is 6.00. The molecule has 1 heterocycles. The topological polar surface area (TPSA) is 435 Å². The first-order chi connectivity index (χ1) is 42.1. The number of hydrogen-bond donors (Lipinski definition) is 13. The van der Waals surface area contributed by atoms with Gasteiger partial charge in [0.25, 0.3) is 0 Å². The van der Waals surface area contributed by atoms with Crippen molar-refractivity contribution in [2.24, 2.45) is 35.1 Å². The maximum absolute atomic E-state index is 14.0. The van der Waals surface area contributed by atoms with Gasteiger partial charge in [-0.2, -0.15) is 0 Å². The fraction of sp³-hybridized carbons (Fsp3) is 0.492. The summed E-state index contributed by atoms with van der Waals surface area (Å²) in [5.74, 6) is -15.9. The highest BCUT2D eigenvalue weighted by Gasteiger charge is 2.61. The summed E-state index contributed by atoms with van der Waals surface area (Å²) in [5, 5.41) is 43.0. The highest BCUT2D eigenvalue weighted by atomic mass is 16.5. The fourth-order valence-corrected chi connectivity index (χ4v) is 10.1. The standard InChI is InChI=1S/C61H82N12O16/c1-31(2)47(58(85)64-30-43(75)73-25-17-24-42(73)56(83)67-40(28-37-22-15-10-16-23-37)54(81)65-33(5)52(79)66-39(51(63)78)27-36-20-13-9-14-21-36)70-55(82)41(29-44(76)77)68-60(87)49(34(6)74)71-57(84)45-46(61(88)89-7)50(45)72-59(86)48(32(3)4)69-53(80)38(62)26-35-18-11-8-12-19-35/h8-16,18-23,31-34,38-42,45-50,74H,17,24-30,62H2,1-7H3,(H2,63,78)(H,64,85)(H,65,81)(H,66,79)(H,67,83)(H,68,87)(H,69,80)(H,70,82)(H,71,84)(H,72,86)(H,76,77)/t33-,34+,38-,39-,40-,41-,42-,45-,46-,47-,48-,49-,50-/m0/s1. The molecule has 0 spiro atoms. The van der Waals surface area contributed by atoms with Crippen molar-refractivity contribution in [3.63, 3.8) is 0 Å². The number of carboxylic acid groups (broad SMARTS) is 1. The number of carboxylic acids is 1. The molecule has 1 saturated heterocycles. The molecule has 3 aromatic rings. The number of carbonyl (C=O) groups excluding carboxylic acids is 12. The molecule has 0 bridgehead atoms. The Morgan fingerprint density at radius 1 is 0.562 bits per heavy atom. The summed E-state index contributed by atoms with van der Waals surface area (Å²) in [6.07, 6.45) is -2.03. The number of carbonyl (C=O) groups is 13. The van der Waals surface area contributed by atoms with Gasteiger partial charge >= 0.3 is 11.9 Å². The number of rotatable bonds is 32. The highest BCUT2D eigenvalue weighted by Crippen LogP contribution is 2.41. The maximum Gasteiger partial charge on any atom is 0.311 e. The molecule has 1 aliphatic heterocycles. The Bertz CT molecular complexity index is 3030. The van der Waals surface area contributed by atoms with Gasteiger partial charge in [-0.25, -0.2) is 0 Å². The van der Waals surface area contributed by atoms with Gasteiger partial charge in [0.15, 0.2) is 0 Å².